The number of carbonyl (C=O) groups excluding carboxylic acids is 3. The molecular formula is C19H27N3O4. The molecule has 1 aromatic rings. The second-order valence-corrected chi connectivity index (χ2v) is 7.00. The zero-order valence-electron chi connectivity index (χ0n) is 15.9. The fourth-order valence-electron chi connectivity index (χ4n) is 1.95. The van der Waals surface area contributed by atoms with Crippen molar-refractivity contribution in [1.29, 1.82) is 0 Å². The predicted molar refractivity (Wildman–Crippen MR) is 101 cm³/mol. The summed E-state index contributed by atoms with van der Waals surface area (Å²) in [4.78, 5) is 35.3. The van der Waals surface area contributed by atoms with Crippen molar-refractivity contribution in [2.45, 2.75) is 46.8 Å². The number of alkyl carbamates (subject to hydrolysis) is 1. The molecule has 0 aliphatic carbocycles. The van der Waals surface area contributed by atoms with Crippen LogP contribution in [0.2, 0.25) is 0 Å². The summed E-state index contributed by atoms with van der Waals surface area (Å²) in [6, 6.07) is 7.18. The van der Waals surface area contributed by atoms with Gasteiger partial charge in [0.1, 0.15) is 12.1 Å². The van der Waals surface area contributed by atoms with Gasteiger partial charge >= 0.3 is 6.09 Å². The molecule has 0 heterocycles. The van der Waals surface area contributed by atoms with E-state index in [-0.39, 0.29) is 24.9 Å². The Morgan fingerprint density at radius 1 is 1.08 bits per heavy atom. The molecule has 1 rings (SSSR count). The highest BCUT2D eigenvalue weighted by Gasteiger charge is 2.16. The van der Waals surface area contributed by atoms with Gasteiger partial charge in [0.05, 0.1) is 0 Å². The fourth-order valence-corrected chi connectivity index (χ4v) is 1.95. The summed E-state index contributed by atoms with van der Waals surface area (Å²) < 4.78 is 5.06. The third-order valence-corrected chi connectivity index (χ3v) is 2.96. The van der Waals surface area contributed by atoms with Crippen molar-refractivity contribution in [2.24, 2.45) is 0 Å². The molecule has 0 aliphatic rings. The lowest BCUT2D eigenvalue weighted by Crippen LogP contribution is -2.39. The quantitative estimate of drug-likeness (QED) is 0.679. The second kappa shape index (κ2) is 9.60. The Morgan fingerprint density at radius 3 is 2.35 bits per heavy atom. The number of hydrogen-bond donors (Lipinski definition) is 3. The Balaban J connectivity index is 2.54. The molecule has 142 valence electrons. The van der Waals surface area contributed by atoms with E-state index >= 15 is 0 Å². The number of carbonyl (C=O) groups is 3. The molecule has 0 spiro atoms. The van der Waals surface area contributed by atoms with E-state index in [0.717, 1.165) is 11.1 Å². The van der Waals surface area contributed by atoms with E-state index in [2.05, 4.69) is 16.0 Å². The molecule has 7 nitrogen and oxygen atoms in total. The van der Waals surface area contributed by atoms with Crippen molar-refractivity contribution >= 4 is 23.6 Å². The van der Waals surface area contributed by atoms with Crippen molar-refractivity contribution in [3.8, 4) is 0 Å². The van der Waals surface area contributed by atoms with Crippen LogP contribution in [0.3, 0.4) is 0 Å². The number of rotatable bonds is 6. The lowest BCUT2D eigenvalue weighted by Gasteiger charge is -2.19. The zero-order valence-corrected chi connectivity index (χ0v) is 15.9. The van der Waals surface area contributed by atoms with Crippen molar-refractivity contribution in [3.63, 3.8) is 0 Å². The number of ether oxygens (including phenoxy) is 1. The average molecular weight is 361 g/mol. The van der Waals surface area contributed by atoms with E-state index < -0.39 is 11.7 Å². The Hall–Kier alpha value is -2.83. The van der Waals surface area contributed by atoms with Gasteiger partial charge in [-0.1, -0.05) is 23.8 Å². The number of nitrogens with one attached hydrogen (secondary N) is 3. The Morgan fingerprint density at radius 2 is 1.73 bits per heavy atom. The molecule has 7 heteroatoms. The van der Waals surface area contributed by atoms with Crippen LogP contribution < -0.4 is 16.0 Å². The smallest absolute Gasteiger partial charge is 0.408 e. The number of amides is 3. The molecule has 3 amide bonds. The van der Waals surface area contributed by atoms with Crippen LogP contribution in [-0.2, 0) is 20.9 Å². The molecule has 1 aromatic carbocycles. The molecular weight excluding hydrogens is 334 g/mol. The summed E-state index contributed by atoms with van der Waals surface area (Å²) in [5, 5.41) is 7.87. The van der Waals surface area contributed by atoms with Gasteiger partial charge in [-0.05, 0) is 46.2 Å². The van der Waals surface area contributed by atoms with E-state index in [0.29, 0.717) is 5.69 Å². The summed E-state index contributed by atoms with van der Waals surface area (Å²) >= 11 is 0. The highest BCUT2D eigenvalue weighted by molar-refractivity contribution is 6.00. The zero-order chi connectivity index (χ0) is 19.7. The van der Waals surface area contributed by atoms with Crippen molar-refractivity contribution in [2.75, 3.05) is 11.9 Å². The summed E-state index contributed by atoms with van der Waals surface area (Å²) in [6.45, 7) is 8.93. The minimum absolute atomic E-state index is 0.193. The molecule has 0 radical (unpaired) electrons. The van der Waals surface area contributed by atoms with E-state index in [1.54, 1.807) is 39.0 Å². The number of anilines is 1. The molecule has 3 N–H and O–H groups in total. The molecule has 26 heavy (non-hydrogen) atoms. The summed E-state index contributed by atoms with van der Waals surface area (Å²) in [7, 11) is 0. The molecule has 0 saturated carbocycles. The van der Waals surface area contributed by atoms with Crippen molar-refractivity contribution in [3.05, 3.63) is 41.5 Å². The lowest BCUT2D eigenvalue weighted by molar-refractivity contribution is -0.120. The maximum Gasteiger partial charge on any atom is 0.408 e. The SMILES string of the molecule is CC(C)=CC(=O)Nc1ccccc1CNC(=O)CNC(=O)OC(C)(C)C. The highest BCUT2D eigenvalue weighted by atomic mass is 16.6. The highest BCUT2D eigenvalue weighted by Crippen LogP contribution is 2.15. The van der Waals surface area contributed by atoms with E-state index in [1.165, 1.54) is 6.08 Å². The van der Waals surface area contributed by atoms with Gasteiger partial charge in [-0.2, -0.15) is 0 Å². The van der Waals surface area contributed by atoms with Gasteiger partial charge in [-0.3, -0.25) is 9.59 Å². The second-order valence-electron chi connectivity index (χ2n) is 7.00. The van der Waals surface area contributed by atoms with Gasteiger partial charge in [-0.25, -0.2) is 4.79 Å². The third kappa shape index (κ3) is 8.86. The molecule has 0 bridgehead atoms. The maximum atomic E-state index is 11.9. The van der Waals surface area contributed by atoms with E-state index in [9.17, 15) is 14.4 Å². The molecule has 0 fully saturated rings. The monoisotopic (exact) mass is 361 g/mol. The van der Waals surface area contributed by atoms with Crippen LogP contribution in [0.15, 0.2) is 35.9 Å². The first kappa shape index (κ1) is 21.2. The minimum Gasteiger partial charge on any atom is -0.444 e. The van der Waals surface area contributed by atoms with Crippen molar-refractivity contribution < 1.29 is 19.1 Å². The third-order valence-electron chi connectivity index (χ3n) is 2.96. The summed E-state index contributed by atoms with van der Waals surface area (Å²) in [6.07, 6.45) is 0.849. The van der Waals surface area contributed by atoms with Crippen LogP contribution in [0.25, 0.3) is 0 Å². The van der Waals surface area contributed by atoms with Crippen LogP contribution in [0, 0.1) is 0 Å². The van der Waals surface area contributed by atoms with Crippen LogP contribution in [0.5, 0.6) is 0 Å². The van der Waals surface area contributed by atoms with Gasteiger partial charge < -0.3 is 20.7 Å². The van der Waals surface area contributed by atoms with Gasteiger partial charge in [0, 0.05) is 18.3 Å². The maximum absolute atomic E-state index is 11.9. The molecule has 0 saturated heterocycles. The van der Waals surface area contributed by atoms with Crippen LogP contribution in [0.1, 0.15) is 40.2 Å². The lowest BCUT2D eigenvalue weighted by atomic mass is 10.1. The summed E-state index contributed by atoms with van der Waals surface area (Å²) in [5.74, 6) is -0.586. The first-order valence-electron chi connectivity index (χ1n) is 8.34. The van der Waals surface area contributed by atoms with Crippen LogP contribution >= 0.6 is 0 Å². The summed E-state index contributed by atoms with van der Waals surface area (Å²) in [5.41, 5.74) is 1.65. The molecule has 0 aromatic heterocycles. The van der Waals surface area contributed by atoms with Crippen LogP contribution in [0.4, 0.5) is 10.5 Å². The average Bonchev–Trinajstić information content (AvgIpc) is 2.49. The first-order valence-corrected chi connectivity index (χ1v) is 8.34. The number of hydrogen-bond acceptors (Lipinski definition) is 4. The Kier molecular flexibility index (Phi) is 7.83. The topological polar surface area (TPSA) is 96.5 Å². The number of benzene rings is 1. The minimum atomic E-state index is -0.651. The number of allylic oxidation sites excluding steroid dienone is 1. The first-order chi connectivity index (χ1) is 12.1. The normalized spacial score (nSPS) is 10.5. The van der Waals surface area contributed by atoms with Gasteiger partial charge in [0.2, 0.25) is 11.8 Å². The van der Waals surface area contributed by atoms with Gasteiger partial charge in [0.15, 0.2) is 0 Å². The largest absolute Gasteiger partial charge is 0.444 e. The van der Waals surface area contributed by atoms with Crippen LogP contribution in [-0.4, -0.2) is 30.1 Å². The number of para-hydroxylation sites is 1. The fraction of sp³-hybridized carbons (Fsp3) is 0.421. The van der Waals surface area contributed by atoms with Crippen molar-refractivity contribution in [1.82, 2.24) is 10.6 Å². The molecule has 0 atom stereocenters. The Bertz CT molecular complexity index is 686. The molecule has 0 aliphatic heterocycles. The predicted octanol–water partition coefficient (Wildman–Crippen LogP) is 2.73. The Labute approximate surface area is 154 Å². The van der Waals surface area contributed by atoms with Gasteiger partial charge in [0.25, 0.3) is 0 Å². The standard InChI is InChI=1S/C19H27N3O4/c1-13(2)10-16(23)22-15-9-7-6-8-14(15)11-20-17(24)12-21-18(25)26-19(3,4)5/h6-10H,11-12H2,1-5H3,(H,20,24)(H,21,25)(H,22,23). The molecule has 0 unspecified atom stereocenters. The van der Waals surface area contributed by atoms with Gasteiger partial charge in [-0.15, -0.1) is 0 Å². The van der Waals surface area contributed by atoms with E-state index in [1.807, 2.05) is 19.9 Å². The van der Waals surface area contributed by atoms with E-state index in [4.69, 9.17) is 4.74 Å².